The Morgan fingerprint density at radius 1 is 1.09 bits per heavy atom. The molecule has 4 N–H and O–H groups in total. The number of aliphatic hydroxyl groups is 1. The maximum absolute atomic E-state index is 13.6. The first-order valence-corrected chi connectivity index (χ1v) is 11.9. The Hall–Kier alpha value is -3.14. The van der Waals surface area contributed by atoms with Crippen LogP contribution in [0.1, 0.15) is 53.4 Å². The Morgan fingerprint density at radius 3 is 2.20 bits per heavy atom. The first-order valence-electron chi connectivity index (χ1n) is 11.9. The molecule has 2 unspecified atom stereocenters. The van der Waals surface area contributed by atoms with Crippen molar-refractivity contribution in [3.05, 3.63) is 44.5 Å². The molecule has 2 aliphatic rings. The Bertz CT molecular complexity index is 1130. The van der Waals surface area contributed by atoms with Crippen molar-refractivity contribution in [3.63, 3.8) is 0 Å². The van der Waals surface area contributed by atoms with Crippen LogP contribution in [0, 0.1) is 5.41 Å². The molecule has 1 aromatic carbocycles. The van der Waals surface area contributed by atoms with Crippen molar-refractivity contribution in [1.29, 1.82) is 0 Å². The van der Waals surface area contributed by atoms with Crippen molar-refractivity contribution in [2.24, 2.45) is 5.41 Å². The number of rotatable bonds is 7. The van der Waals surface area contributed by atoms with Crippen LogP contribution in [0.5, 0.6) is 0 Å². The molecular weight excluding hydrogens is 450 g/mol. The number of amides is 2. The fourth-order valence-electron chi connectivity index (χ4n) is 4.58. The molecule has 1 saturated carbocycles. The zero-order valence-electron chi connectivity index (χ0n) is 21.6. The average molecular weight is 488 g/mol. The van der Waals surface area contributed by atoms with Crippen LogP contribution in [-0.2, 0) is 9.59 Å². The van der Waals surface area contributed by atoms with E-state index in [-0.39, 0.29) is 28.4 Å². The first kappa shape index (κ1) is 26.5. The van der Waals surface area contributed by atoms with Crippen LogP contribution in [0.2, 0.25) is 0 Å². The van der Waals surface area contributed by atoms with Crippen molar-refractivity contribution >= 4 is 23.2 Å². The van der Waals surface area contributed by atoms with Gasteiger partial charge in [0.15, 0.2) is 0 Å². The fourth-order valence-corrected chi connectivity index (χ4v) is 4.58. The lowest BCUT2D eigenvalue weighted by Gasteiger charge is -2.41. The van der Waals surface area contributed by atoms with Crippen molar-refractivity contribution < 1.29 is 14.7 Å². The molecular formula is C25H37N5O5. The smallest absolute Gasteiger partial charge is 0.279 e. The molecule has 10 heteroatoms. The maximum atomic E-state index is 13.6. The van der Waals surface area contributed by atoms with Gasteiger partial charge in [0.25, 0.3) is 16.8 Å². The van der Waals surface area contributed by atoms with Crippen LogP contribution in [0.15, 0.2) is 33.6 Å². The molecule has 1 aromatic rings. The summed E-state index contributed by atoms with van der Waals surface area (Å²) in [7, 11) is 4.76. The molecule has 2 amide bonds. The molecule has 0 spiro atoms. The maximum Gasteiger partial charge on any atom is 0.279 e. The van der Waals surface area contributed by atoms with E-state index in [0.717, 1.165) is 25.7 Å². The standard InChI is InChI=1S/C25H37N5O5/c1-23(2,3)30(7)21(33)20(24(4)11-8-9-12-24)28-17-16(18(31)19(17)32)27-15-10-13-26-25(35,14-15)22(34)29(5)6/h10,13-14,20,26-28,35H,8-9,11-12H2,1-7H3. The summed E-state index contributed by atoms with van der Waals surface area (Å²) < 4.78 is 0. The number of carbonyl (C=O) groups excluding carboxylic acids is 2. The summed E-state index contributed by atoms with van der Waals surface area (Å²) in [6.07, 6.45) is 7.78. The number of carbonyl (C=O) groups is 2. The number of dihydropyridines is 1. The highest BCUT2D eigenvalue weighted by molar-refractivity contribution is 5.89. The second kappa shape index (κ2) is 9.14. The number of allylic oxidation sites excluding steroid dienone is 1. The van der Waals surface area contributed by atoms with Crippen LogP contribution in [0.25, 0.3) is 0 Å². The number of hydrogen-bond acceptors (Lipinski definition) is 8. The van der Waals surface area contributed by atoms with E-state index in [2.05, 4.69) is 16.0 Å². The minimum atomic E-state index is -2.00. The number of nitrogens with zero attached hydrogens (tertiary/aromatic N) is 2. The highest BCUT2D eigenvalue weighted by atomic mass is 16.3. The van der Waals surface area contributed by atoms with Gasteiger partial charge in [0.1, 0.15) is 17.4 Å². The average Bonchev–Trinajstić information content (AvgIpc) is 3.23. The zero-order chi connectivity index (χ0) is 26.3. The van der Waals surface area contributed by atoms with Gasteiger partial charge < -0.3 is 30.9 Å². The first-order chi connectivity index (χ1) is 16.1. The molecule has 0 radical (unpaired) electrons. The Kier molecular flexibility index (Phi) is 6.91. The summed E-state index contributed by atoms with van der Waals surface area (Å²) in [5, 5.41) is 19.3. The van der Waals surface area contributed by atoms with Crippen LogP contribution < -0.4 is 26.8 Å². The van der Waals surface area contributed by atoms with Crippen LogP contribution in [-0.4, -0.2) is 65.2 Å². The molecule has 1 heterocycles. The van der Waals surface area contributed by atoms with Gasteiger partial charge in [-0.15, -0.1) is 0 Å². The van der Waals surface area contributed by atoms with Gasteiger partial charge in [0.05, 0.1) is 0 Å². The minimum absolute atomic E-state index is 0.00487. The predicted octanol–water partition coefficient (Wildman–Crippen LogP) is 1.09. The topological polar surface area (TPSA) is 131 Å². The Morgan fingerprint density at radius 2 is 1.66 bits per heavy atom. The molecule has 2 atom stereocenters. The highest BCUT2D eigenvalue weighted by Gasteiger charge is 2.45. The molecule has 3 rings (SSSR count). The molecule has 192 valence electrons. The Labute approximate surface area is 205 Å². The van der Waals surface area contributed by atoms with Gasteiger partial charge >= 0.3 is 0 Å². The third-order valence-electron chi connectivity index (χ3n) is 7.16. The molecule has 1 aliphatic carbocycles. The highest BCUT2D eigenvalue weighted by Crippen LogP contribution is 2.43. The summed E-state index contributed by atoms with van der Waals surface area (Å²) >= 11 is 0. The number of hydrogen-bond donors (Lipinski definition) is 4. The lowest BCUT2D eigenvalue weighted by atomic mass is 9.79. The summed E-state index contributed by atoms with van der Waals surface area (Å²) in [4.78, 5) is 53.9. The van der Waals surface area contributed by atoms with Crippen LogP contribution >= 0.6 is 0 Å². The Balaban J connectivity index is 1.93. The van der Waals surface area contributed by atoms with E-state index >= 15 is 0 Å². The largest absolute Gasteiger partial charge is 0.368 e. The number of likely N-dealkylation sites (N-methyl/N-ethyl adjacent to an activating group) is 2. The van der Waals surface area contributed by atoms with Crippen LogP contribution in [0.4, 0.5) is 11.4 Å². The molecule has 0 saturated heterocycles. The van der Waals surface area contributed by atoms with Gasteiger partial charge in [-0.3, -0.25) is 19.2 Å². The van der Waals surface area contributed by atoms with E-state index in [4.69, 9.17) is 0 Å². The number of anilines is 2. The fraction of sp³-hybridized carbons (Fsp3) is 0.600. The quantitative estimate of drug-likeness (QED) is 0.421. The summed E-state index contributed by atoms with van der Waals surface area (Å²) in [6, 6.07) is -0.692. The van der Waals surface area contributed by atoms with Crippen molar-refractivity contribution in [3.8, 4) is 0 Å². The van der Waals surface area contributed by atoms with Crippen LogP contribution in [0.3, 0.4) is 0 Å². The van der Waals surface area contributed by atoms with Crippen molar-refractivity contribution in [1.82, 2.24) is 15.1 Å². The molecule has 35 heavy (non-hydrogen) atoms. The normalized spacial score (nSPS) is 22.2. The van der Waals surface area contributed by atoms with Gasteiger partial charge in [0, 0.05) is 44.7 Å². The summed E-state index contributed by atoms with van der Waals surface area (Å²) in [5.41, 5.74) is -3.92. The van der Waals surface area contributed by atoms with Crippen molar-refractivity contribution in [2.45, 2.75) is 70.7 Å². The molecule has 0 bridgehead atoms. The summed E-state index contributed by atoms with van der Waals surface area (Å²) in [5.74, 6) is -0.748. The van der Waals surface area contributed by atoms with E-state index in [1.165, 1.54) is 37.3 Å². The third kappa shape index (κ3) is 4.98. The van der Waals surface area contributed by atoms with Gasteiger partial charge in [-0.2, -0.15) is 0 Å². The molecule has 1 fully saturated rings. The van der Waals surface area contributed by atoms with Crippen molar-refractivity contribution in [2.75, 3.05) is 31.8 Å². The third-order valence-corrected chi connectivity index (χ3v) is 7.16. The van der Waals surface area contributed by atoms with Gasteiger partial charge in [-0.25, -0.2) is 0 Å². The lowest BCUT2D eigenvalue weighted by molar-refractivity contribution is -0.145. The van der Waals surface area contributed by atoms with E-state index in [9.17, 15) is 24.3 Å². The molecule has 10 nitrogen and oxygen atoms in total. The number of nitrogens with one attached hydrogen (secondary N) is 3. The predicted molar refractivity (Wildman–Crippen MR) is 135 cm³/mol. The summed E-state index contributed by atoms with van der Waals surface area (Å²) in [6.45, 7) is 7.86. The van der Waals surface area contributed by atoms with E-state index in [0.29, 0.717) is 0 Å². The van der Waals surface area contributed by atoms with Gasteiger partial charge in [-0.05, 0) is 45.1 Å². The lowest BCUT2D eigenvalue weighted by Crippen LogP contribution is -2.56. The van der Waals surface area contributed by atoms with Gasteiger partial charge in [0.2, 0.25) is 11.6 Å². The second-order valence-corrected chi connectivity index (χ2v) is 11.1. The molecule has 0 aromatic heterocycles. The molecule has 1 aliphatic heterocycles. The van der Waals surface area contributed by atoms with Gasteiger partial charge in [-0.1, -0.05) is 19.8 Å². The zero-order valence-corrected chi connectivity index (χ0v) is 21.6. The second-order valence-electron chi connectivity index (χ2n) is 11.1. The minimum Gasteiger partial charge on any atom is -0.368 e. The van der Waals surface area contributed by atoms with E-state index in [1.807, 2.05) is 27.7 Å². The van der Waals surface area contributed by atoms with E-state index < -0.39 is 34.1 Å². The monoisotopic (exact) mass is 487 g/mol. The van der Waals surface area contributed by atoms with E-state index in [1.54, 1.807) is 11.9 Å². The SMILES string of the molecule is CN(C)C(=O)C1(O)C=C(Nc2c(NC(C(=O)N(C)C(C)(C)C)C3(C)CCCC3)c(=O)c2=O)C=CN1.